The van der Waals surface area contributed by atoms with E-state index in [1.807, 2.05) is 48.5 Å². The van der Waals surface area contributed by atoms with E-state index in [1.165, 1.54) is 25.3 Å². The molecule has 3 nitrogen and oxygen atoms in total. The van der Waals surface area contributed by atoms with Gasteiger partial charge in [-0.25, -0.2) is 0 Å². The first-order chi connectivity index (χ1) is 24.3. The van der Waals surface area contributed by atoms with Crippen LogP contribution in [-0.4, -0.2) is 39.8 Å². The number of halogens is 6. The van der Waals surface area contributed by atoms with Gasteiger partial charge in [-0.1, -0.05) is 86.6 Å². The van der Waals surface area contributed by atoms with E-state index >= 15 is 0 Å². The van der Waals surface area contributed by atoms with E-state index in [4.69, 9.17) is 14.2 Å². The zero-order valence-corrected chi connectivity index (χ0v) is 29.8. The monoisotopic (exact) mass is 714 g/mol. The van der Waals surface area contributed by atoms with Gasteiger partial charge < -0.3 is 14.2 Å². The number of ether oxygens (including phenoxy) is 3. The fourth-order valence-corrected chi connectivity index (χ4v) is 6.19. The Balaban J connectivity index is 1.74. The van der Waals surface area contributed by atoms with Gasteiger partial charge >= 0.3 is 12.4 Å². The first kappa shape index (κ1) is 40.0. The second-order valence-corrected chi connectivity index (χ2v) is 13.1. The van der Waals surface area contributed by atoms with Crippen LogP contribution >= 0.6 is 0 Å². The Labute approximate surface area is 298 Å². The van der Waals surface area contributed by atoms with Crippen LogP contribution in [0, 0.1) is 11.8 Å². The molecule has 51 heavy (non-hydrogen) atoms. The zero-order valence-electron chi connectivity index (χ0n) is 29.8. The molecule has 0 N–H and O–H groups in total. The smallest absolute Gasteiger partial charge is 0.392 e. The fraction of sp³-hybridized carbons (Fsp3) is 0.429. The van der Waals surface area contributed by atoms with Crippen molar-refractivity contribution in [3.8, 4) is 11.5 Å². The largest absolute Gasteiger partial charge is 0.457 e. The molecule has 0 aliphatic rings. The van der Waals surface area contributed by atoms with E-state index in [-0.39, 0.29) is 38.9 Å². The minimum Gasteiger partial charge on any atom is -0.457 e. The Hall–Kier alpha value is -3.82. The minimum absolute atomic E-state index is 0.00194. The van der Waals surface area contributed by atoms with E-state index in [9.17, 15) is 26.3 Å². The normalized spacial score (nSPS) is 13.3. The van der Waals surface area contributed by atoms with Crippen LogP contribution in [0.1, 0.15) is 71.2 Å². The predicted octanol–water partition coefficient (Wildman–Crippen LogP) is 11.3. The van der Waals surface area contributed by atoms with E-state index in [1.54, 1.807) is 36.4 Å². The Bertz CT molecular complexity index is 1520. The van der Waals surface area contributed by atoms with Gasteiger partial charge in [0.05, 0.1) is 11.8 Å². The number of aryl methyl sites for hydroxylation is 2. The number of alkyl halides is 6. The van der Waals surface area contributed by atoms with Crippen LogP contribution in [0.15, 0.2) is 84.9 Å². The number of rotatable bonds is 18. The maximum atomic E-state index is 14.0. The van der Waals surface area contributed by atoms with Crippen LogP contribution in [-0.2, 0) is 48.0 Å². The van der Waals surface area contributed by atoms with Crippen LogP contribution in [0.4, 0.5) is 26.3 Å². The predicted molar refractivity (Wildman–Crippen MR) is 190 cm³/mol. The molecule has 0 saturated heterocycles. The Morgan fingerprint density at radius 3 is 1.14 bits per heavy atom. The molecule has 2 atom stereocenters. The van der Waals surface area contributed by atoms with Crippen molar-refractivity contribution in [1.29, 1.82) is 0 Å². The summed E-state index contributed by atoms with van der Waals surface area (Å²) in [7, 11) is 2.77. The van der Waals surface area contributed by atoms with Crippen molar-refractivity contribution < 1.29 is 40.6 Å². The fourth-order valence-electron chi connectivity index (χ4n) is 6.19. The molecule has 9 heteroatoms. The lowest BCUT2D eigenvalue weighted by Gasteiger charge is -2.22. The number of hydrogen-bond donors (Lipinski definition) is 0. The molecule has 0 saturated carbocycles. The van der Waals surface area contributed by atoms with Crippen molar-refractivity contribution in [2.45, 2.75) is 77.6 Å². The van der Waals surface area contributed by atoms with Crippen molar-refractivity contribution in [3.63, 3.8) is 0 Å². The summed E-state index contributed by atoms with van der Waals surface area (Å²) in [4.78, 5) is 0. The molecule has 0 aliphatic heterocycles. The van der Waals surface area contributed by atoms with Crippen molar-refractivity contribution in [1.82, 2.24) is 0 Å². The average molecular weight is 715 g/mol. The van der Waals surface area contributed by atoms with E-state index < -0.39 is 24.2 Å². The number of benzene rings is 4. The molecule has 0 amide bonds. The van der Waals surface area contributed by atoms with Crippen molar-refractivity contribution >= 4 is 0 Å². The lowest BCUT2D eigenvalue weighted by molar-refractivity contribution is -0.179. The van der Waals surface area contributed by atoms with Gasteiger partial charge in [-0.2, -0.15) is 26.3 Å². The standard InChI is InChI=1S/C42H48F6O3/c1-5-29-7-11-31(12-8-29)23-35-25-33(27-37(19-21-49-3)41(43,44)45)15-17-39(35)51-40-18-16-34(28-38(20-22-50-4)42(46,47)48)26-36(40)24-32-13-9-30(6-2)10-14-32/h7-18,25-26,37-38H,5-6,19-24,27-28H2,1-4H3. The summed E-state index contributed by atoms with van der Waals surface area (Å²) in [6.07, 6.45) is -6.89. The highest BCUT2D eigenvalue weighted by Crippen LogP contribution is 2.37. The summed E-state index contributed by atoms with van der Waals surface area (Å²) in [5, 5.41) is 0. The van der Waals surface area contributed by atoms with Crippen molar-refractivity contribution in [2.24, 2.45) is 11.8 Å². The molecule has 0 fully saturated rings. The summed E-state index contributed by atoms with van der Waals surface area (Å²) >= 11 is 0. The highest BCUT2D eigenvalue weighted by Gasteiger charge is 2.40. The molecular weight excluding hydrogens is 666 g/mol. The maximum Gasteiger partial charge on any atom is 0.392 e. The molecule has 0 aliphatic carbocycles. The van der Waals surface area contributed by atoms with Crippen LogP contribution in [0.2, 0.25) is 0 Å². The third-order valence-corrected chi connectivity index (χ3v) is 9.35. The first-order valence-corrected chi connectivity index (χ1v) is 17.5. The first-order valence-electron chi connectivity index (χ1n) is 17.5. The van der Waals surface area contributed by atoms with Gasteiger partial charge in [0.15, 0.2) is 0 Å². The molecular formula is C42H48F6O3. The summed E-state index contributed by atoms with van der Waals surface area (Å²) < 4.78 is 100. The highest BCUT2D eigenvalue weighted by molar-refractivity contribution is 5.48. The number of hydrogen-bond acceptors (Lipinski definition) is 3. The maximum absolute atomic E-state index is 14.0. The van der Waals surface area contributed by atoms with E-state index in [0.29, 0.717) is 46.6 Å². The van der Waals surface area contributed by atoms with E-state index in [0.717, 1.165) is 24.0 Å². The SMILES string of the molecule is CCc1ccc(Cc2cc(CC(CCOC)C(F)(F)F)ccc2Oc2ccc(CC(CCOC)C(F)(F)F)cc2Cc2ccc(CC)cc2)cc1. The molecule has 2 unspecified atom stereocenters. The molecule has 0 spiro atoms. The van der Waals surface area contributed by atoms with Crippen LogP contribution in [0.3, 0.4) is 0 Å². The molecule has 0 radical (unpaired) electrons. The van der Waals surface area contributed by atoms with Gasteiger partial charge in [0.1, 0.15) is 11.5 Å². The average Bonchev–Trinajstić information content (AvgIpc) is 3.10. The van der Waals surface area contributed by atoms with Crippen LogP contribution < -0.4 is 4.74 Å². The van der Waals surface area contributed by atoms with Gasteiger partial charge in [0.25, 0.3) is 0 Å². The summed E-state index contributed by atoms with van der Waals surface area (Å²) in [5.74, 6) is -2.18. The lowest BCUT2D eigenvalue weighted by atomic mass is 9.92. The Morgan fingerprint density at radius 1 is 0.490 bits per heavy atom. The van der Waals surface area contributed by atoms with Gasteiger partial charge in [0, 0.05) is 40.3 Å². The number of methoxy groups -OCH3 is 2. The van der Waals surface area contributed by atoms with Crippen LogP contribution in [0.5, 0.6) is 11.5 Å². The quantitative estimate of drug-likeness (QED) is 0.0961. The van der Waals surface area contributed by atoms with Crippen LogP contribution in [0.25, 0.3) is 0 Å². The molecule has 276 valence electrons. The second-order valence-electron chi connectivity index (χ2n) is 13.1. The van der Waals surface area contributed by atoms with Crippen molar-refractivity contribution in [3.05, 3.63) is 129 Å². The molecule has 4 aromatic carbocycles. The second kappa shape index (κ2) is 18.6. The molecule has 4 aromatic rings. The highest BCUT2D eigenvalue weighted by atomic mass is 19.4. The van der Waals surface area contributed by atoms with Crippen molar-refractivity contribution in [2.75, 3.05) is 27.4 Å². The Morgan fingerprint density at radius 2 is 0.824 bits per heavy atom. The summed E-state index contributed by atoms with van der Waals surface area (Å²) in [5.41, 5.74) is 6.77. The summed E-state index contributed by atoms with van der Waals surface area (Å²) in [6.45, 7) is 4.13. The third-order valence-electron chi connectivity index (χ3n) is 9.35. The Kier molecular flexibility index (Phi) is 14.6. The molecule has 0 bridgehead atoms. The van der Waals surface area contributed by atoms with E-state index in [2.05, 4.69) is 13.8 Å². The third kappa shape index (κ3) is 12.1. The minimum atomic E-state index is -4.38. The van der Waals surface area contributed by atoms with Gasteiger partial charge in [-0.05, 0) is 95.2 Å². The molecule has 0 heterocycles. The zero-order chi connectivity index (χ0) is 37.0. The molecule has 4 rings (SSSR count). The van der Waals surface area contributed by atoms with Gasteiger partial charge in [0.2, 0.25) is 0 Å². The summed E-state index contributed by atoms with van der Waals surface area (Å²) in [6, 6.07) is 26.4. The lowest BCUT2D eigenvalue weighted by Crippen LogP contribution is -2.26. The van der Waals surface area contributed by atoms with Gasteiger partial charge in [-0.3, -0.25) is 0 Å². The topological polar surface area (TPSA) is 27.7 Å². The molecule has 0 aromatic heterocycles. The van der Waals surface area contributed by atoms with Gasteiger partial charge in [-0.15, -0.1) is 0 Å².